The molecule has 1 rings (SSSR count). The van der Waals surface area contributed by atoms with Crippen LogP contribution in [0.5, 0.6) is 0 Å². The highest BCUT2D eigenvalue weighted by Crippen LogP contribution is 2.35. The zero-order chi connectivity index (χ0) is 11.6. The van der Waals surface area contributed by atoms with Crippen molar-refractivity contribution in [1.29, 1.82) is 0 Å². The number of carbonyl (C=O) groups is 2. The topological polar surface area (TPSA) is 77.8 Å². The Hall–Kier alpha value is -1.59. The predicted molar refractivity (Wildman–Crippen MR) is 49.1 cm³/mol. The van der Waals surface area contributed by atoms with Gasteiger partial charge in [0.05, 0.1) is 6.33 Å². The van der Waals surface area contributed by atoms with Crippen LogP contribution < -0.4 is 0 Å². The molecule has 84 valence electrons. The van der Waals surface area contributed by atoms with Crippen molar-refractivity contribution in [2.24, 2.45) is 5.41 Å². The van der Waals surface area contributed by atoms with Gasteiger partial charge in [0.1, 0.15) is 5.41 Å². The van der Waals surface area contributed by atoms with E-state index in [1.165, 1.54) is 6.92 Å². The van der Waals surface area contributed by atoms with Crippen LogP contribution in [0.25, 0.3) is 0 Å². The van der Waals surface area contributed by atoms with Crippen LogP contribution in [0, 0.1) is 5.41 Å². The first-order chi connectivity index (χ1) is 6.91. The summed E-state index contributed by atoms with van der Waals surface area (Å²) in [7, 11) is 0. The Labute approximate surface area is 85.8 Å². The molecular formula is C9H12FNO4. The van der Waals surface area contributed by atoms with Gasteiger partial charge in [0, 0.05) is 13.1 Å². The van der Waals surface area contributed by atoms with Gasteiger partial charge in [0.25, 0.3) is 0 Å². The molecule has 1 aliphatic rings. The molecule has 1 saturated heterocycles. The molecule has 0 saturated carbocycles. The summed E-state index contributed by atoms with van der Waals surface area (Å²) in [5, 5.41) is 17.7. The van der Waals surface area contributed by atoms with E-state index in [-0.39, 0.29) is 31.4 Å². The molecule has 2 N–H and O–H groups in total. The molecule has 1 atom stereocenters. The Morgan fingerprint density at radius 2 is 2.13 bits per heavy atom. The lowest BCUT2D eigenvalue weighted by Crippen LogP contribution is -2.49. The second-order valence-electron chi connectivity index (χ2n) is 3.73. The highest BCUT2D eigenvalue weighted by molar-refractivity contribution is 5.80. The second kappa shape index (κ2) is 3.88. The number of aliphatic carboxylic acids is 1. The minimum Gasteiger partial charge on any atom is -0.481 e. The molecular weight excluding hydrogens is 205 g/mol. The summed E-state index contributed by atoms with van der Waals surface area (Å²) in [6.07, 6.45) is -0.792. The molecule has 0 aromatic carbocycles. The highest BCUT2D eigenvalue weighted by atomic mass is 19.1. The number of hydrogen-bond acceptors (Lipinski definition) is 2. The van der Waals surface area contributed by atoms with Gasteiger partial charge in [0.15, 0.2) is 0 Å². The number of halogens is 1. The standard InChI is InChI=1S/C9H12FNO4/c1-9(7(12)13)5-11(8(14)15)3-2-6(9)4-10/h4H,2-3,5H2,1H3,(H,12,13)(H,14,15)/b6-4-/t9-/m1/s1. The maximum atomic E-state index is 12.5. The molecule has 0 unspecified atom stereocenters. The number of carboxylic acid groups (broad SMARTS) is 2. The van der Waals surface area contributed by atoms with Crippen LogP contribution in [0.4, 0.5) is 9.18 Å². The summed E-state index contributed by atoms with van der Waals surface area (Å²) in [6, 6.07) is 0. The van der Waals surface area contributed by atoms with E-state index in [1.54, 1.807) is 0 Å². The zero-order valence-corrected chi connectivity index (χ0v) is 8.23. The Kier molecular flexibility index (Phi) is 2.97. The van der Waals surface area contributed by atoms with Crippen LogP contribution in [0.1, 0.15) is 13.3 Å². The lowest BCUT2D eigenvalue weighted by Gasteiger charge is -2.37. The third-order valence-corrected chi connectivity index (χ3v) is 2.74. The first-order valence-electron chi connectivity index (χ1n) is 4.43. The molecule has 1 amide bonds. The van der Waals surface area contributed by atoms with Gasteiger partial charge in [-0.15, -0.1) is 0 Å². The number of nitrogens with zero attached hydrogens (tertiary/aromatic N) is 1. The van der Waals surface area contributed by atoms with Crippen LogP contribution in [-0.4, -0.2) is 40.3 Å². The summed E-state index contributed by atoms with van der Waals surface area (Å²) in [4.78, 5) is 22.7. The van der Waals surface area contributed by atoms with Gasteiger partial charge in [-0.2, -0.15) is 0 Å². The van der Waals surface area contributed by atoms with Crippen molar-refractivity contribution in [2.75, 3.05) is 13.1 Å². The molecule has 6 heteroatoms. The normalized spacial score (nSPS) is 29.2. The quantitative estimate of drug-likeness (QED) is 0.694. The zero-order valence-electron chi connectivity index (χ0n) is 8.23. The lowest BCUT2D eigenvalue weighted by molar-refractivity contribution is -0.147. The molecule has 0 radical (unpaired) electrons. The monoisotopic (exact) mass is 217 g/mol. The van der Waals surface area contributed by atoms with Crippen molar-refractivity contribution in [3.63, 3.8) is 0 Å². The summed E-state index contributed by atoms with van der Waals surface area (Å²) in [5.74, 6) is -1.21. The average Bonchev–Trinajstić information content (AvgIpc) is 2.17. The van der Waals surface area contributed by atoms with Crippen molar-refractivity contribution in [2.45, 2.75) is 13.3 Å². The molecule has 0 spiro atoms. The van der Waals surface area contributed by atoms with Crippen molar-refractivity contribution in [3.05, 3.63) is 11.9 Å². The third kappa shape index (κ3) is 1.93. The number of rotatable bonds is 1. The van der Waals surface area contributed by atoms with Gasteiger partial charge in [-0.3, -0.25) is 4.79 Å². The molecule has 0 aromatic rings. The fourth-order valence-electron chi connectivity index (χ4n) is 1.64. The van der Waals surface area contributed by atoms with Gasteiger partial charge in [-0.05, 0) is 18.9 Å². The Morgan fingerprint density at radius 3 is 2.53 bits per heavy atom. The molecule has 0 bridgehead atoms. The van der Waals surface area contributed by atoms with E-state index < -0.39 is 17.5 Å². The Balaban J connectivity index is 2.98. The number of carboxylic acids is 1. The maximum Gasteiger partial charge on any atom is 0.407 e. The number of amides is 1. The van der Waals surface area contributed by atoms with E-state index in [4.69, 9.17) is 10.2 Å². The van der Waals surface area contributed by atoms with Crippen LogP contribution >= 0.6 is 0 Å². The van der Waals surface area contributed by atoms with Gasteiger partial charge in [-0.1, -0.05) is 0 Å². The summed E-state index contributed by atoms with van der Waals surface area (Å²) in [6.45, 7) is 1.25. The highest BCUT2D eigenvalue weighted by Gasteiger charge is 2.43. The largest absolute Gasteiger partial charge is 0.481 e. The predicted octanol–water partition coefficient (Wildman–Crippen LogP) is 1.31. The molecule has 5 nitrogen and oxygen atoms in total. The van der Waals surface area contributed by atoms with E-state index >= 15 is 0 Å². The maximum absolute atomic E-state index is 12.5. The summed E-state index contributed by atoms with van der Waals surface area (Å²) < 4.78 is 12.5. The second-order valence-corrected chi connectivity index (χ2v) is 3.73. The minimum atomic E-state index is -1.45. The average molecular weight is 217 g/mol. The molecule has 0 aliphatic carbocycles. The van der Waals surface area contributed by atoms with E-state index in [1.807, 2.05) is 0 Å². The van der Waals surface area contributed by atoms with Crippen LogP contribution in [0.3, 0.4) is 0 Å². The first kappa shape index (κ1) is 11.5. The number of piperidine rings is 1. The van der Waals surface area contributed by atoms with Crippen molar-refractivity contribution in [3.8, 4) is 0 Å². The first-order valence-corrected chi connectivity index (χ1v) is 4.43. The Morgan fingerprint density at radius 1 is 1.53 bits per heavy atom. The van der Waals surface area contributed by atoms with Crippen molar-refractivity contribution in [1.82, 2.24) is 4.90 Å². The van der Waals surface area contributed by atoms with Gasteiger partial charge in [0.2, 0.25) is 0 Å². The van der Waals surface area contributed by atoms with E-state index in [0.717, 1.165) is 4.90 Å². The van der Waals surface area contributed by atoms with Crippen molar-refractivity contribution >= 4 is 12.1 Å². The van der Waals surface area contributed by atoms with Crippen LogP contribution in [-0.2, 0) is 4.79 Å². The smallest absolute Gasteiger partial charge is 0.407 e. The minimum absolute atomic E-state index is 0.117. The van der Waals surface area contributed by atoms with Crippen LogP contribution in [0.15, 0.2) is 11.9 Å². The van der Waals surface area contributed by atoms with E-state index in [0.29, 0.717) is 0 Å². The Bertz CT molecular complexity index is 328. The molecule has 15 heavy (non-hydrogen) atoms. The van der Waals surface area contributed by atoms with E-state index in [2.05, 4.69) is 0 Å². The SMILES string of the molecule is C[C@@]1(C(=O)O)CN(C(=O)O)CC/C1=C/F. The molecule has 1 aliphatic heterocycles. The fraction of sp³-hybridized carbons (Fsp3) is 0.556. The molecule has 1 fully saturated rings. The van der Waals surface area contributed by atoms with Crippen molar-refractivity contribution < 1.29 is 24.2 Å². The molecule has 1 heterocycles. The summed E-state index contributed by atoms with van der Waals surface area (Å²) in [5.41, 5.74) is -1.32. The van der Waals surface area contributed by atoms with Gasteiger partial charge in [-0.25, -0.2) is 9.18 Å². The van der Waals surface area contributed by atoms with Gasteiger partial charge >= 0.3 is 12.1 Å². The number of hydrogen-bond donors (Lipinski definition) is 2. The fourth-order valence-corrected chi connectivity index (χ4v) is 1.64. The molecule has 0 aromatic heterocycles. The third-order valence-electron chi connectivity index (χ3n) is 2.74. The van der Waals surface area contributed by atoms with Crippen LogP contribution in [0.2, 0.25) is 0 Å². The summed E-state index contributed by atoms with van der Waals surface area (Å²) >= 11 is 0. The lowest BCUT2D eigenvalue weighted by atomic mass is 9.78. The van der Waals surface area contributed by atoms with Gasteiger partial charge < -0.3 is 15.1 Å². The van der Waals surface area contributed by atoms with E-state index in [9.17, 15) is 14.0 Å². The number of likely N-dealkylation sites (tertiary alicyclic amines) is 1.